The van der Waals surface area contributed by atoms with E-state index in [0.29, 0.717) is 11.7 Å². The van der Waals surface area contributed by atoms with E-state index < -0.39 is 0 Å². The Morgan fingerprint density at radius 3 is 2.62 bits per heavy atom. The van der Waals surface area contributed by atoms with E-state index in [1.807, 2.05) is 0 Å². The SMILES string of the molecule is C=C(O/C1=C/C=C(/CC)C=CCC1C)c1ccc(C)cc1. The van der Waals surface area contributed by atoms with Crippen LogP contribution in [0.2, 0.25) is 0 Å². The highest BCUT2D eigenvalue weighted by molar-refractivity contribution is 5.58. The lowest BCUT2D eigenvalue weighted by atomic mass is 10.00. The minimum atomic E-state index is 0.359. The number of benzene rings is 1. The Balaban J connectivity index is 2.16. The molecule has 0 bridgehead atoms. The predicted molar refractivity (Wildman–Crippen MR) is 90.7 cm³/mol. The molecule has 0 aliphatic heterocycles. The predicted octanol–water partition coefficient (Wildman–Crippen LogP) is 5.80. The minimum absolute atomic E-state index is 0.359. The zero-order valence-corrected chi connectivity index (χ0v) is 13.2. The molecule has 0 heterocycles. The van der Waals surface area contributed by atoms with Gasteiger partial charge in [0.05, 0.1) is 0 Å². The van der Waals surface area contributed by atoms with E-state index in [0.717, 1.165) is 24.2 Å². The first-order chi connectivity index (χ1) is 10.1. The van der Waals surface area contributed by atoms with Gasteiger partial charge in [0, 0.05) is 11.5 Å². The lowest BCUT2D eigenvalue weighted by molar-refractivity contribution is 0.323. The zero-order valence-electron chi connectivity index (χ0n) is 13.2. The van der Waals surface area contributed by atoms with E-state index in [9.17, 15) is 0 Å². The molecule has 0 amide bonds. The van der Waals surface area contributed by atoms with Crippen molar-refractivity contribution >= 4 is 5.76 Å². The summed E-state index contributed by atoms with van der Waals surface area (Å²) in [6, 6.07) is 8.27. The van der Waals surface area contributed by atoms with Crippen LogP contribution in [0, 0.1) is 12.8 Å². The Kier molecular flexibility index (Phi) is 5.21. The molecule has 0 fully saturated rings. The van der Waals surface area contributed by atoms with Gasteiger partial charge in [-0.2, -0.15) is 0 Å². The number of allylic oxidation sites excluding steroid dienone is 6. The van der Waals surface area contributed by atoms with Gasteiger partial charge in [-0.15, -0.1) is 0 Å². The summed E-state index contributed by atoms with van der Waals surface area (Å²) in [4.78, 5) is 0. The van der Waals surface area contributed by atoms with Crippen molar-refractivity contribution in [1.82, 2.24) is 0 Å². The van der Waals surface area contributed by atoms with Crippen LogP contribution in [0.1, 0.15) is 37.8 Å². The molecule has 2 rings (SSSR count). The van der Waals surface area contributed by atoms with Crippen molar-refractivity contribution in [2.45, 2.75) is 33.6 Å². The lowest BCUT2D eigenvalue weighted by Gasteiger charge is -2.18. The summed E-state index contributed by atoms with van der Waals surface area (Å²) in [5, 5.41) is 0. The molecule has 1 unspecified atom stereocenters. The van der Waals surface area contributed by atoms with E-state index >= 15 is 0 Å². The summed E-state index contributed by atoms with van der Waals surface area (Å²) in [6.45, 7) is 10.5. The Morgan fingerprint density at radius 1 is 1.24 bits per heavy atom. The van der Waals surface area contributed by atoms with Gasteiger partial charge in [-0.25, -0.2) is 0 Å². The van der Waals surface area contributed by atoms with Crippen molar-refractivity contribution < 1.29 is 4.74 Å². The van der Waals surface area contributed by atoms with Crippen molar-refractivity contribution in [3.63, 3.8) is 0 Å². The van der Waals surface area contributed by atoms with Crippen molar-refractivity contribution in [3.05, 3.63) is 77.6 Å². The first-order valence-electron chi connectivity index (χ1n) is 7.61. The fourth-order valence-corrected chi connectivity index (χ4v) is 2.26. The maximum atomic E-state index is 6.05. The summed E-state index contributed by atoms with van der Waals surface area (Å²) < 4.78 is 6.05. The summed E-state index contributed by atoms with van der Waals surface area (Å²) in [5.41, 5.74) is 3.60. The van der Waals surface area contributed by atoms with Gasteiger partial charge in [0.2, 0.25) is 0 Å². The number of ether oxygens (including phenoxy) is 1. The molecule has 0 radical (unpaired) electrons. The minimum Gasteiger partial charge on any atom is -0.461 e. The van der Waals surface area contributed by atoms with Gasteiger partial charge in [-0.05, 0) is 31.4 Å². The molecule has 0 spiro atoms. The van der Waals surface area contributed by atoms with Gasteiger partial charge in [-0.1, -0.05) is 68.5 Å². The molecule has 1 heteroatoms. The molecule has 1 aromatic carbocycles. The molecule has 1 nitrogen and oxygen atoms in total. The molecule has 0 aromatic heterocycles. The van der Waals surface area contributed by atoms with Crippen molar-refractivity contribution in [2.24, 2.45) is 5.92 Å². The molecular formula is C20H24O. The summed E-state index contributed by atoms with van der Waals surface area (Å²) >= 11 is 0. The molecule has 1 aliphatic carbocycles. The van der Waals surface area contributed by atoms with Crippen molar-refractivity contribution in [1.29, 1.82) is 0 Å². The highest BCUT2D eigenvalue weighted by Gasteiger charge is 2.12. The van der Waals surface area contributed by atoms with Crippen LogP contribution in [-0.2, 0) is 4.74 Å². The largest absolute Gasteiger partial charge is 0.461 e. The number of rotatable bonds is 4. The zero-order chi connectivity index (χ0) is 15.2. The molecule has 1 aromatic rings. The fourth-order valence-electron chi connectivity index (χ4n) is 2.26. The third-order valence-corrected chi connectivity index (χ3v) is 3.79. The summed E-state index contributed by atoms with van der Waals surface area (Å²) in [5.74, 6) is 2.05. The van der Waals surface area contributed by atoms with Gasteiger partial charge in [0.25, 0.3) is 0 Å². The molecule has 1 aliphatic rings. The van der Waals surface area contributed by atoms with Crippen LogP contribution in [0.5, 0.6) is 0 Å². The standard InChI is InChI=1S/C20H24O/c1-5-18-8-6-7-16(3)20(14-11-18)21-17(4)19-12-9-15(2)10-13-19/h6,8-14,16H,4-5,7H2,1-3H3/b8-6?,18-11-,20-14+. The number of aryl methyl sites for hydroxylation is 1. The van der Waals surface area contributed by atoms with Crippen molar-refractivity contribution in [3.8, 4) is 0 Å². The summed E-state index contributed by atoms with van der Waals surface area (Å²) in [6.07, 6.45) is 10.7. The highest BCUT2D eigenvalue weighted by Crippen LogP contribution is 2.26. The van der Waals surface area contributed by atoms with Gasteiger partial charge in [-0.3, -0.25) is 0 Å². The summed E-state index contributed by atoms with van der Waals surface area (Å²) in [7, 11) is 0. The van der Waals surface area contributed by atoms with Crippen LogP contribution >= 0.6 is 0 Å². The molecule has 1 atom stereocenters. The van der Waals surface area contributed by atoms with Gasteiger partial charge in [0.15, 0.2) is 0 Å². The third kappa shape index (κ3) is 4.22. The van der Waals surface area contributed by atoms with E-state index in [2.05, 4.69) is 75.9 Å². The van der Waals surface area contributed by atoms with E-state index in [1.54, 1.807) is 0 Å². The van der Waals surface area contributed by atoms with E-state index in [1.165, 1.54) is 11.1 Å². The molecule has 0 N–H and O–H groups in total. The first kappa shape index (κ1) is 15.4. The normalized spacial score (nSPS) is 23.3. The second-order valence-electron chi connectivity index (χ2n) is 5.59. The number of hydrogen-bond donors (Lipinski definition) is 0. The smallest absolute Gasteiger partial charge is 0.127 e. The molecule has 21 heavy (non-hydrogen) atoms. The highest BCUT2D eigenvalue weighted by atomic mass is 16.5. The van der Waals surface area contributed by atoms with Gasteiger partial charge in [0.1, 0.15) is 11.5 Å². The van der Waals surface area contributed by atoms with E-state index in [-0.39, 0.29) is 0 Å². The van der Waals surface area contributed by atoms with Crippen LogP contribution in [0.3, 0.4) is 0 Å². The maximum absolute atomic E-state index is 6.05. The second-order valence-corrected chi connectivity index (χ2v) is 5.59. The van der Waals surface area contributed by atoms with Crippen LogP contribution in [0.15, 0.2) is 66.5 Å². The van der Waals surface area contributed by atoms with Crippen LogP contribution in [0.25, 0.3) is 5.76 Å². The Morgan fingerprint density at radius 2 is 1.95 bits per heavy atom. The Labute approximate surface area is 128 Å². The molecule has 0 saturated heterocycles. The maximum Gasteiger partial charge on any atom is 0.127 e. The average molecular weight is 280 g/mol. The van der Waals surface area contributed by atoms with Gasteiger partial charge < -0.3 is 4.74 Å². The monoisotopic (exact) mass is 280 g/mol. The topological polar surface area (TPSA) is 9.23 Å². The van der Waals surface area contributed by atoms with Crippen LogP contribution in [0.4, 0.5) is 0 Å². The molecule has 0 saturated carbocycles. The molecule has 110 valence electrons. The number of hydrogen-bond acceptors (Lipinski definition) is 1. The fraction of sp³-hybridized carbons (Fsp3) is 0.300. The Bertz CT molecular complexity index is 585. The van der Waals surface area contributed by atoms with Crippen LogP contribution in [-0.4, -0.2) is 0 Å². The third-order valence-electron chi connectivity index (χ3n) is 3.79. The lowest BCUT2D eigenvalue weighted by Crippen LogP contribution is -2.03. The molecular weight excluding hydrogens is 256 g/mol. The van der Waals surface area contributed by atoms with Gasteiger partial charge >= 0.3 is 0 Å². The quantitative estimate of drug-likeness (QED) is 0.633. The first-order valence-corrected chi connectivity index (χ1v) is 7.61. The van der Waals surface area contributed by atoms with Crippen molar-refractivity contribution in [2.75, 3.05) is 0 Å². The van der Waals surface area contributed by atoms with Crippen LogP contribution < -0.4 is 0 Å². The van der Waals surface area contributed by atoms with E-state index in [4.69, 9.17) is 4.74 Å². The average Bonchev–Trinajstić information content (AvgIpc) is 2.47. The Hall–Kier alpha value is -2.02. The second kappa shape index (κ2) is 7.12.